The average molecular weight is 359 g/mol. The normalized spacial score (nSPS) is 10.7. The Balaban J connectivity index is 2.26. The molecule has 20 heavy (non-hydrogen) atoms. The highest BCUT2D eigenvalue weighted by Crippen LogP contribution is 2.26. The van der Waals surface area contributed by atoms with Crippen LogP contribution in [0.2, 0.25) is 5.28 Å². The number of hydrogen-bond acceptors (Lipinski definition) is 5. The van der Waals surface area contributed by atoms with Crippen molar-refractivity contribution in [2.24, 2.45) is 0 Å². The first kappa shape index (κ1) is 15.0. The highest BCUT2D eigenvalue weighted by Gasteiger charge is 2.11. The van der Waals surface area contributed by atoms with E-state index in [0.717, 1.165) is 10.0 Å². The van der Waals surface area contributed by atoms with E-state index in [-0.39, 0.29) is 23.4 Å². The van der Waals surface area contributed by atoms with Crippen LogP contribution >= 0.6 is 27.5 Å². The molecule has 0 saturated heterocycles. The van der Waals surface area contributed by atoms with Crippen LogP contribution in [0.4, 0.5) is 0 Å². The Hall–Kier alpha value is -1.40. The third-order valence-corrected chi connectivity index (χ3v) is 2.91. The van der Waals surface area contributed by atoms with Crippen LogP contribution in [0.15, 0.2) is 22.7 Å². The highest BCUT2D eigenvalue weighted by molar-refractivity contribution is 9.10. The van der Waals surface area contributed by atoms with E-state index in [4.69, 9.17) is 21.1 Å². The SMILES string of the molecule is Cc1cc(Br)ccc1Oc1nc(Cl)nc(OC(C)C)n1. The first-order valence-corrected chi connectivity index (χ1v) is 7.13. The Morgan fingerprint density at radius 3 is 2.50 bits per heavy atom. The second-order valence-corrected chi connectivity index (χ2v) is 5.60. The van der Waals surface area contributed by atoms with Crippen molar-refractivity contribution in [3.05, 3.63) is 33.5 Å². The Kier molecular flexibility index (Phi) is 4.77. The molecular weight excluding hydrogens is 346 g/mol. The summed E-state index contributed by atoms with van der Waals surface area (Å²) in [5, 5.41) is 0.0282. The topological polar surface area (TPSA) is 57.1 Å². The van der Waals surface area contributed by atoms with Gasteiger partial charge in [-0.1, -0.05) is 15.9 Å². The summed E-state index contributed by atoms with van der Waals surface area (Å²) < 4.78 is 12.0. The minimum Gasteiger partial charge on any atom is -0.461 e. The first-order chi connectivity index (χ1) is 9.44. The second-order valence-electron chi connectivity index (χ2n) is 4.35. The molecule has 0 radical (unpaired) electrons. The number of nitrogens with zero attached hydrogens (tertiary/aromatic N) is 3. The van der Waals surface area contributed by atoms with Gasteiger partial charge in [0.2, 0.25) is 5.28 Å². The van der Waals surface area contributed by atoms with E-state index in [1.54, 1.807) is 0 Å². The lowest BCUT2D eigenvalue weighted by Crippen LogP contribution is -2.09. The zero-order valence-corrected chi connectivity index (χ0v) is 13.6. The summed E-state index contributed by atoms with van der Waals surface area (Å²) in [5.41, 5.74) is 0.947. The summed E-state index contributed by atoms with van der Waals surface area (Å²) in [6.45, 7) is 5.67. The van der Waals surface area contributed by atoms with E-state index in [0.29, 0.717) is 5.75 Å². The lowest BCUT2D eigenvalue weighted by atomic mass is 10.2. The molecule has 2 rings (SSSR count). The fraction of sp³-hybridized carbons (Fsp3) is 0.308. The smallest absolute Gasteiger partial charge is 0.329 e. The summed E-state index contributed by atoms with van der Waals surface area (Å²) in [6.07, 6.45) is -0.0595. The molecule has 1 heterocycles. The Morgan fingerprint density at radius 1 is 1.15 bits per heavy atom. The Labute approximate surface area is 130 Å². The van der Waals surface area contributed by atoms with E-state index in [1.807, 2.05) is 39.0 Å². The van der Waals surface area contributed by atoms with Crippen LogP contribution in [0.1, 0.15) is 19.4 Å². The van der Waals surface area contributed by atoms with E-state index >= 15 is 0 Å². The quantitative estimate of drug-likeness (QED) is 0.821. The molecule has 1 aromatic heterocycles. The molecule has 0 amide bonds. The fourth-order valence-corrected chi connectivity index (χ4v) is 2.07. The molecule has 0 fully saturated rings. The van der Waals surface area contributed by atoms with E-state index in [1.165, 1.54) is 0 Å². The predicted octanol–water partition coefficient (Wildman–Crippen LogP) is 4.18. The number of benzene rings is 1. The van der Waals surface area contributed by atoms with Crippen LogP contribution in [0.3, 0.4) is 0 Å². The van der Waals surface area contributed by atoms with Gasteiger partial charge in [0, 0.05) is 4.47 Å². The number of hydrogen-bond donors (Lipinski definition) is 0. The molecule has 7 heteroatoms. The number of rotatable bonds is 4. The minimum atomic E-state index is -0.0595. The van der Waals surface area contributed by atoms with Crippen LogP contribution in [-0.2, 0) is 0 Å². The lowest BCUT2D eigenvalue weighted by molar-refractivity contribution is 0.218. The van der Waals surface area contributed by atoms with Gasteiger partial charge in [0.15, 0.2) is 0 Å². The van der Waals surface area contributed by atoms with Gasteiger partial charge in [-0.05, 0) is 56.1 Å². The van der Waals surface area contributed by atoms with Crippen LogP contribution in [0.5, 0.6) is 17.8 Å². The van der Waals surface area contributed by atoms with Crippen molar-refractivity contribution >= 4 is 27.5 Å². The summed E-state index contributed by atoms with van der Waals surface area (Å²) in [4.78, 5) is 11.9. The van der Waals surface area contributed by atoms with Gasteiger partial charge >= 0.3 is 12.0 Å². The third kappa shape index (κ3) is 4.05. The fourth-order valence-electron chi connectivity index (χ4n) is 1.45. The lowest BCUT2D eigenvalue weighted by Gasteiger charge is -2.10. The van der Waals surface area contributed by atoms with E-state index < -0.39 is 0 Å². The molecule has 0 saturated carbocycles. The third-order valence-electron chi connectivity index (χ3n) is 2.25. The molecule has 2 aromatic rings. The average Bonchev–Trinajstić information content (AvgIpc) is 2.31. The zero-order valence-electron chi connectivity index (χ0n) is 11.2. The van der Waals surface area contributed by atoms with Crippen molar-refractivity contribution in [1.29, 1.82) is 0 Å². The monoisotopic (exact) mass is 357 g/mol. The molecule has 0 aliphatic heterocycles. The van der Waals surface area contributed by atoms with Crippen LogP contribution in [0, 0.1) is 6.92 Å². The van der Waals surface area contributed by atoms with Gasteiger partial charge in [-0.2, -0.15) is 9.97 Å². The predicted molar refractivity (Wildman–Crippen MR) is 79.6 cm³/mol. The summed E-state index contributed by atoms with van der Waals surface area (Å²) in [5.74, 6) is 0.644. The van der Waals surface area contributed by atoms with Gasteiger partial charge in [-0.3, -0.25) is 0 Å². The van der Waals surface area contributed by atoms with Crippen LogP contribution in [0.25, 0.3) is 0 Å². The zero-order chi connectivity index (χ0) is 14.7. The summed E-state index contributed by atoms with van der Waals surface area (Å²) in [7, 11) is 0. The van der Waals surface area contributed by atoms with Gasteiger partial charge in [0.05, 0.1) is 6.10 Å². The van der Waals surface area contributed by atoms with Crippen molar-refractivity contribution < 1.29 is 9.47 Å². The molecule has 0 unspecified atom stereocenters. The molecule has 1 aromatic carbocycles. The number of ether oxygens (including phenoxy) is 2. The molecular formula is C13H13BrClN3O2. The Morgan fingerprint density at radius 2 is 1.85 bits per heavy atom. The molecule has 0 aliphatic rings. The number of aromatic nitrogens is 3. The molecule has 0 spiro atoms. The maximum atomic E-state index is 5.83. The van der Waals surface area contributed by atoms with Crippen molar-refractivity contribution in [1.82, 2.24) is 15.0 Å². The molecule has 0 bridgehead atoms. The molecule has 0 aliphatic carbocycles. The minimum absolute atomic E-state index is 0.0282. The highest BCUT2D eigenvalue weighted by atomic mass is 79.9. The maximum Gasteiger partial charge on any atom is 0.329 e. The molecule has 106 valence electrons. The van der Waals surface area contributed by atoms with Crippen molar-refractivity contribution in [2.75, 3.05) is 0 Å². The largest absolute Gasteiger partial charge is 0.461 e. The molecule has 0 N–H and O–H groups in total. The van der Waals surface area contributed by atoms with E-state index in [2.05, 4.69) is 30.9 Å². The van der Waals surface area contributed by atoms with Gasteiger partial charge in [0.1, 0.15) is 5.75 Å². The second kappa shape index (κ2) is 6.37. The molecule has 0 atom stereocenters. The van der Waals surface area contributed by atoms with E-state index in [9.17, 15) is 0 Å². The van der Waals surface area contributed by atoms with Crippen molar-refractivity contribution in [2.45, 2.75) is 26.9 Å². The maximum absolute atomic E-state index is 5.83. The number of aryl methyl sites for hydroxylation is 1. The standard InChI is InChI=1S/C13H13BrClN3O2/c1-7(2)19-12-16-11(15)17-13(18-12)20-10-5-4-9(14)6-8(10)3/h4-7H,1-3H3. The Bertz CT molecular complexity index is 623. The molecule has 5 nitrogen and oxygen atoms in total. The van der Waals surface area contributed by atoms with Gasteiger partial charge in [-0.15, -0.1) is 4.98 Å². The number of halogens is 2. The van der Waals surface area contributed by atoms with Crippen molar-refractivity contribution in [3.8, 4) is 17.8 Å². The van der Waals surface area contributed by atoms with Crippen molar-refractivity contribution in [3.63, 3.8) is 0 Å². The summed E-state index contributed by atoms with van der Waals surface area (Å²) in [6, 6.07) is 5.87. The van der Waals surface area contributed by atoms with Crippen LogP contribution < -0.4 is 9.47 Å². The first-order valence-electron chi connectivity index (χ1n) is 5.96. The van der Waals surface area contributed by atoms with Gasteiger partial charge in [0.25, 0.3) is 0 Å². The van der Waals surface area contributed by atoms with Gasteiger partial charge < -0.3 is 9.47 Å². The van der Waals surface area contributed by atoms with Crippen LogP contribution in [-0.4, -0.2) is 21.1 Å². The van der Waals surface area contributed by atoms with Gasteiger partial charge in [-0.25, -0.2) is 0 Å². The summed E-state index contributed by atoms with van der Waals surface area (Å²) >= 11 is 9.23.